The summed E-state index contributed by atoms with van der Waals surface area (Å²) in [5.74, 6) is -0.658. The van der Waals surface area contributed by atoms with Crippen LogP contribution < -0.4 is 9.62 Å². The highest BCUT2D eigenvalue weighted by Crippen LogP contribution is 2.33. The topological polar surface area (TPSA) is 113 Å². The number of hydrogen-bond donors (Lipinski definition) is 1. The Morgan fingerprint density at radius 3 is 2.32 bits per heavy atom. The first-order valence-corrected chi connectivity index (χ1v) is 18.9. The van der Waals surface area contributed by atoms with E-state index in [0.717, 1.165) is 55.1 Å². The number of halogens is 1. The van der Waals surface area contributed by atoms with Crippen molar-refractivity contribution < 1.29 is 18.0 Å². The first kappa shape index (κ1) is 35.0. The fraction of sp³-hybridized carbons (Fsp3) is 0.282. The molecule has 4 aromatic carbocycles. The number of unbranched alkanes of at least 4 members (excludes halogenated alkanes) is 2. The third-order valence-corrected chi connectivity index (χ3v) is 10.6. The van der Waals surface area contributed by atoms with Crippen LogP contribution >= 0.6 is 11.6 Å². The zero-order valence-corrected chi connectivity index (χ0v) is 29.8. The van der Waals surface area contributed by atoms with Gasteiger partial charge in [0.05, 0.1) is 21.8 Å². The largest absolute Gasteiger partial charge is 0.341 e. The van der Waals surface area contributed by atoms with Gasteiger partial charge in [-0.3, -0.25) is 9.59 Å². The van der Waals surface area contributed by atoms with E-state index in [1.54, 1.807) is 23.2 Å². The highest BCUT2D eigenvalue weighted by molar-refractivity contribution is 7.90. The first-order valence-electron chi connectivity index (χ1n) is 17.0. The lowest BCUT2D eigenvalue weighted by atomic mass is 9.96. The molecular formula is C39H40ClN5O4S. The van der Waals surface area contributed by atoms with Crippen LogP contribution in [0.5, 0.6) is 0 Å². The Balaban J connectivity index is 1.38. The summed E-state index contributed by atoms with van der Waals surface area (Å²) in [5, 5.41) is 1.86. The van der Waals surface area contributed by atoms with Gasteiger partial charge in [0.25, 0.3) is 21.8 Å². The number of sulfonamides is 1. The molecule has 2 heterocycles. The second-order valence-electron chi connectivity index (χ2n) is 12.5. The van der Waals surface area contributed by atoms with E-state index in [1.165, 1.54) is 29.8 Å². The summed E-state index contributed by atoms with van der Waals surface area (Å²) in [6.45, 7) is 6.70. The minimum atomic E-state index is -4.23. The summed E-state index contributed by atoms with van der Waals surface area (Å²) < 4.78 is 29.0. The number of carbonyl (C=O) groups is 2. The van der Waals surface area contributed by atoms with Crippen molar-refractivity contribution >= 4 is 50.2 Å². The second kappa shape index (κ2) is 15.4. The van der Waals surface area contributed by atoms with E-state index < -0.39 is 15.9 Å². The molecule has 5 aromatic rings. The van der Waals surface area contributed by atoms with Crippen LogP contribution in [-0.4, -0.2) is 54.7 Å². The summed E-state index contributed by atoms with van der Waals surface area (Å²) in [6.07, 6.45) is 6.20. The normalized spacial score (nSPS) is 12.8. The third kappa shape index (κ3) is 7.66. The average molecular weight is 710 g/mol. The Bertz CT molecular complexity index is 2150. The van der Waals surface area contributed by atoms with Gasteiger partial charge in [0, 0.05) is 42.9 Å². The lowest BCUT2D eigenvalue weighted by Gasteiger charge is -2.30. The Labute approximate surface area is 298 Å². The van der Waals surface area contributed by atoms with Gasteiger partial charge in [0.2, 0.25) is 5.95 Å². The summed E-state index contributed by atoms with van der Waals surface area (Å²) >= 11 is 6.75. The molecule has 0 saturated carbocycles. The van der Waals surface area contributed by atoms with Gasteiger partial charge in [0.15, 0.2) is 0 Å². The van der Waals surface area contributed by atoms with E-state index in [4.69, 9.17) is 16.6 Å². The number of benzene rings is 4. The number of amides is 2. The van der Waals surface area contributed by atoms with Gasteiger partial charge in [-0.2, -0.15) is 0 Å². The SMILES string of the molecule is CCCCN(CCCC)c1ncc(Cl)c(-c2ccc(C(=O)NS(=O)(=O)c3ccc4ccccc4c3)cc2C(=O)N2CCc3ccccc3C2)n1. The van der Waals surface area contributed by atoms with E-state index in [0.29, 0.717) is 36.7 Å². The predicted molar refractivity (Wildman–Crippen MR) is 198 cm³/mol. The molecule has 6 rings (SSSR count). The van der Waals surface area contributed by atoms with E-state index >= 15 is 0 Å². The Morgan fingerprint density at radius 1 is 0.880 bits per heavy atom. The highest BCUT2D eigenvalue weighted by Gasteiger charge is 2.28. The number of carbonyl (C=O) groups excluding carboxylic acids is 2. The number of fused-ring (bicyclic) bond motifs is 2. The zero-order chi connectivity index (χ0) is 35.3. The third-order valence-electron chi connectivity index (χ3n) is 9.02. The Morgan fingerprint density at radius 2 is 1.58 bits per heavy atom. The van der Waals surface area contributed by atoms with Crippen molar-refractivity contribution in [1.29, 1.82) is 0 Å². The van der Waals surface area contributed by atoms with Crippen LogP contribution in [0.15, 0.2) is 96.0 Å². The summed E-state index contributed by atoms with van der Waals surface area (Å²) in [7, 11) is -4.23. The molecule has 0 atom stereocenters. The number of nitrogens with zero attached hydrogens (tertiary/aromatic N) is 4. The molecule has 9 nitrogen and oxygen atoms in total. The maximum atomic E-state index is 14.4. The van der Waals surface area contributed by atoms with E-state index in [1.807, 2.05) is 42.5 Å². The second-order valence-corrected chi connectivity index (χ2v) is 14.6. The van der Waals surface area contributed by atoms with Crippen molar-refractivity contribution in [1.82, 2.24) is 19.6 Å². The molecule has 2 amide bonds. The van der Waals surface area contributed by atoms with Crippen molar-refractivity contribution in [2.24, 2.45) is 0 Å². The Hall–Kier alpha value is -4.80. The van der Waals surface area contributed by atoms with Crippen LogP contribution in [0, 0.1) is 0 Å². The van der Waals surface area contributed by atoms with Gasteiger partial charge in [-0.15, -0.1) is 0 Å². The van der Waals surface area contributed by atoms with Crippen LogP contribution in [0.3, 0.4) is 0 Å². The minimum Gasteiger partial charge on any atom is -0.341 e. The molecule has 0 unspecified atom stereocenters. The Kier molecular flexibility index (Phi) is 10.8. The van der Waals surface area contributed by atoms with Crippen LogP contribution in [0.2, 0.25) is 5.02 Å². The van der Waals surface area contributed by atoms with E-state index in [9.17, 15) is 18.0 Å². The molecule has 1 aromatic heterocycles. The molecular weight excluding hydrogens is 670 g/mol. The number of anilines is 1. The molecule has 1 N–H and O–H groups in total. The number of nitrogens with one attached hydrogen (secondary N) is 1. The summed E-state index contributed by atoms with van der Waals surface area (Å²) in [6, 6.07) is 24.6. The monoisotopic (exact) mass is 709 g/mol. The van der Waals surface area contributed by atoms with Gasteiger partial charge >= 0.3 is 0 Å². The predicted octanol–water partition coefficient (Wildman–Crippen LogP) is 7.67. The highest BCUT2D eigenvalue weighted by atomic mass is 35.5. The van der Waals surface area contributed by atoms with Gasteiger partial charge in [0.1, 0.15) is 0 Å². The fourth-order valence-corrected chi connectivity index (χ4v) is 7.39. The van der Waals surface area contributed by atoms with Gasteiger partial charge < -0.3 is 9.80 Å². The van der Waals surface area contributed by atoms with Crippen LogP contribution in [-0.2, 0) is 23.0 Å². The molecule has 0 radical (unpaired) electrons. The molecule has 11 heteroatoms. The maximum absolute atomic E-state index is 14.4. The molecule has 0 fully saturated rings. The van der Waals surface area contributed by atoms with Gasteiger partial charge in [-0.1, -0.05) is 99.0 Å². The lowest BCUT2D eigenvalue weighted by molar-refractivity contribution is 0.0735. The molecule has 0 aliphatic carbocycles. The number of rotatable bonds is 12. The fourth-order valence-electron chi connectivity index (χ4n) is 6.19. The van der Waals surface area contributed by atoms with E-state index in [-0.39, 0.29) is 27.0 Å². The standard InChI is InChI=1S/C39H40ClN5O4S/c1-3-5-20-44(21-6-4-2)39-41-25-35(40)36(42-39)33-18-16-30(24-34(33)38(47)45-22-19-28-12-8-10-14-31(28)26-45)37(46)43-50(48,49)32-17-15-27-11-7-9-13-29(27)23-32/h7-18,23-25H,3-6,19-22,26H2,1-2H3,(H,43,46). The number of hydrogen-bond acceptors (Lipinski definition) is 7. The zero-order valence-electron chi connectivity index (χ0n) is 28.2. The van der Waals surface area contributed by atoms with Crippen molar-refractivity contribution in [3.05, 3.63) is 118 Å². The van der Waals surface area contributed by atoms with Gasteiger partial charge in [-0.05, 0) is 65.4 Å². The maximum Gasteiger partial charge on any atom is 0.265 e. The van der Waals surface area contributed by atoms with Crippen LogP contribution in [0.25, 0.3) is 22.0 Å². The summed E-state index contributed by atoms with van der Waals surface area (Å²) in [4.78, 5) is 41.3. The molecule has 1 aliphatic heterocycles. The molecule has 0 bridgehead atoms. The van der Waals surface area contributed by atoms with Crippen molar-refractivity contribution in [2.75, 3.05) is 24.5 Å². The van der Waals surface area contributed by atoms with Crippen molar-refractivity contribution in [2.45, 2.75) is 57.4 Å². The van der Waals surface area contributed by atoms with Crippen molar-refractivity contribution in [3.8, 4) is 11.3 Å². The minimum absolute atomic E-state index is 0.0109. The molecule has 258 valence electrons. The van der Waals surface area contributed by atoms with E-state index in [2.05, 4.69) is 34.5 Å². The molecule has 0 spiro atoms. The summed E-state index contributed by atoms with van der Waals surface area (Å²) in [5.41, 5.74) is 3.24. The quantitative estimate of drug-likeness (QED) is 0.141. The lowest BCUT2D eigenvalue weighted by Crippen LogP contribution is -2.36. The average Bonchev–Trinajstić information content (AvgIpc) is 3.14. The molecule has 50 heavy (non-hydrogen) atoms. The van der Waals surface area contributed by atoms with Crippen molar-refractivity contribution in [3.63, 3.8) is 0 Å². The number of aromatic nitrogens is 2. The van der Waals surface area contributed by atoms with Crippen LogP contribution in [0.4, 0.5) is 5.95 Å². The molecule has 1 aliphatic rings. The van der Waals surface area contributed by atoms with Gasteiger partial charge in [-0.25, -0.2) is 23.1 Å². The smallest absolute Gasteiger partial charge is 0.265 e. The molecule has 0 saturated heterocycles. The first-order chi connectivity index (χ1) is 24.2. The van der Waals surface area contributed by atoms with Crippen LogP contribution in [0.1, 0.15) is 71.4 Å².